The minimum atomic E-state index is 0.139. The highest BCUT2D eigenvalue weighted by Crippen LogP contribution is 2.40. The van der Waals surface area contributed by atoms with Crippen molar-refractivity contribution in [2.75, 3.05) is 11.3 Å². The number of hydrogen-bond acceptors (Lipinski definition) is 8. The lowest BCUT2D eigenvalue weighted by Crippen LogP contribution is -2.31. The molecule has 146 valence electrons. The summed E-state index contributed by atoms with van der Waals surface area (Å²) in [7, 11) is 0. The molecule has 5 rings (SSSR count). The van der Waals surface area contributed by atoms with Gasteiger partial charge in [0.2, 0.25) is 0 Å². The number of hydrogen-bond donors (Lipinski definition) is 1. The van der Waals surface area contributed by atoms with Crippen LogP contribution in [-0.2, 0) is 0 Å². The molecule has 0 fully saturated rings. The predicted octanol–water partition coefficient (Wildman–Crippen LogP) is 5.20. The molecular formula is C21H13BrN6S2. The van der Waals surface area contributed by atoms with E-state index in [4.69, 9.17) is 15.7 Å². The second kappa shape index (κ2) is 7.40. The maximum absolute atomic E-state index is 9.63. The molecule has 30 heavy (non-hydrogen) atoms. The van der Waals surface area contributed by atoms with Crippen LogP contribution in [-0.4, -0.2) is 22.9 Å². The number of nitriles is 1. The van der Waals surface area contributed by atoms with Gasteiger partial charge in [0.05, 0.1) is 21.5 Å². The van der Waals surface area contributed by atoms with E-state index in [-0.39, 0.29) is 11.4 Å². The average Bonchev–Trinajstić information content (AvgIpc) is 3.11. The highest BCUT2D eigenvalue weighted by molar-refractivity contribution is 9.10. The zero-order valence-electron chi connectivity index (χ0n) is 15.6. The van der Waals surface area contributed by atoms with Gasteiger partial charge in [-0.15, -0.1) is 28.2 Å². The number of nitrogens with two attached hydrogens (primary N) is 1. The van der Waals surface area contributed by atoms with Crippen molar-refractivity contribution in [3.63, 3.8) is 0 Å². The van der Waals surface area contributed by atoms with E-state index in [1.165, 1.54) is 11.8 Å². The summed E-state index contributed by atoms with van der Waals surface area (Å²) in [6, 6.07) is 16.1. The lowest BCUT2D eigenvalue weighted by Gasteiger charge is -2.27. The van der Waals surface area contributed by atoms with Crippen LogP contribution in [0.5, 0.6) is 0 Å². The lowest BCUT2D eigenvalue weighted by atomic mass is 10.0. The SMILES string of the molecule is CSC1=C(C#N)C(N)=NN2C(=N1)C(c1nc3ccccc3s1)=Cc1cc(Br)ccc12. The molecule has 1 aromatic heterocycles. The molecule has 0 bridgehead atoms. The number of thiazole rings is 1. The molecule has 0 atom stereocenters. The van der Waals surface area contributed by atoms with Gasteiger partial charge in [-0.2, -0.15) is 5.26 Å². The molecule has 2 aliphatic heterocycles. The van der Waals surface area contributed by atoms with Crippen LogP contribution in [0.4, 0.5) is 5.69 Å². The molecule has 2 aliphatic rings. The Morgan fingerprint density at radius 2 is 2.07 bits per heavy atom. The van der Waals surface area contributed by atoms with Crippen molar-refractivity contribution < 1.29 is 0 Å². The Balaban J connectivity index is 1.81. The predicted molar refractivity (Wildman–Crippen MR) is 129 cm³/mol. The third-order valence-electron chi connectivity index (χ3n) is 4.67. The molecule has 0 saturated heterocycles. The number of hydrazone groups is 1. The van der Waals surface area contributed by atoms with Crippen molar-refractivity contribution >= 4 is 78.3 Å². The number of nitrogens with zero attached hydrogens (tertiary/aromatic N) is 5. The number of aliphatic imine (C=N–C) groups is 1. The van der Waals surface area contributed by atoms with Crippen LogP contribution in [0.3, 0.4) is 0 Å². The average molecular weight is 493 g/mol. The van der Waals surface area contributed by atoms with E-state index < -0.39 is 0 Å². The number of rotatable bonds is 2. The molecule has 0 radical (unpaired) electrons. The molecular weight excluding hydrogens is 480 g/mol. The maximum atomic E-state index is 9.63. The molecule has 0 spiro atoms. The Labute approximate surface area is 189 Å². The Bertz CT molecular complexity index is 1340. The Hall–Kier alpha value is -2.93. The minimum Gasteiger partial charge on any atom is -0.381 e. The summed E-state index contributed by atoms with van der Waals surface area (Å²) in [4.78, 5) is 9.65. The Morgan fingerprint density at radius 3 is 2.83 bits per heavy atom. The zero-order chi connectivity index (χ0) is 20.8. The van der Waals surface area contributed by atoms with E-state index in [0.717, 1.165) is 36.5 Å². The first-order valence-electron chi connectivity index (χ1n) is 8.88. The maximum Gasteiger partial charge on any atom is 0.165 e. The molecule has 6 nitrogen and oxygen atoms in total. The van der Waals surface area contributed by atoms with E-state index in [1.54, 1.807) is 16.3 Å². The van der Waals surface area contributed by atoms with E-state index in [1.807, 2.05) is 48.7 Å². The number of amidine groups is 2. The first-order valence-corrected chi connectivity index (χ1v) is 11.7. The van der Waals surface area contributed by atoms with Gasteiger partial charge in [-0.3, -0.25) is 0 Å². The van der Waals surface area contributed by atoms with Gasteiger partial charge in [0.1, 0.15) is 21.7 Å². The van der Waals surface area contributed by atoms with Crippen molar-refractivity contribution in [3.05, 3.63) is 68.1 Å². The number of fused-ring (bicyclic) bond motifs is 4. The fraction of sp³-hybridized carbons (Fsp3) is 0.0476. The quantitative estimate of drug-likeness (QED) is 0.530. The fourth-order valence-corrected chi connectivity index (χ4v) is 5.20. The van der Waals surface area contributed by atoms with Crippen LogP contribution in [0, 0.1) is 11.3 Å². The number of benzene rings is 2. The molecule has 0 amide bonds. The van der Waals surface area contributed by atoms with Crippen molar-refractivity contribution in [3.8, 4) is 6.07 Å². The van der Waals surface area contributed by atoms with Crippen LogP contribution in [0.25, 0.3) is 21.9 Å². The van der Waals surface area contributed by atoms with Gasteiger partial charge >= 0.3 is 0 Å². The van der Waals surface area contributed by atoms with Crippen LogP contribution in [0.15, 0.2) is 67.6 Å². The summed E-state index contributed by atoms with van der Waals surface area (Å²) in [5, 5.41) is 17.3. The van der Waals surface area contributed by atoms with Crippen LogP contribution >= 0.6 is 39.0 Å². The molecule has 2 N–H and O–H groups in total. The van der Waals surface area contributed by atoms with Gasteiger partial charge in [0.15, 0.2) is 11.7 Å². The summed E-state index contributed by atoms with van der Waals surface area (Å²) in [6.45, 7) is 0. The number of halogens is 1. The van der Waals surface area contributed by atoms with Gasteiger partial charge in [-0.1, -0.05) is 28.1 Å². The van der Waals surface area contributed by atoms with Gasteiger partial charge in [-0.05, 0) is 42.7 Å². The summed E-state index contributed by atoms with van der Waals surface area (Å²) in [5.74, 6) is 0.737. The molecule has 0 saturated carbocycles. The highest BCUT2D eigenvalue weighted by Gasteiger charge is 2.31. The first kappa shape index (κ1) is 19.1. The fourth-order valence-electron chi connectivity index (χ4n) is 3.31. The third-order valence-corrected chi connectivity index (χ3v) is 6.92. The summed E-state index contributed by atoms with van der Waals surface area (Å²) >= 11 is 6.51. The van der Waals surface area contributed by atoms with Crippen LogP contribution in [0.2, 0.25) is 0 Å². The van der Waals surface area contributed by atoms with E-state index >= 15 is 0 Å². The molecule has 0 unspecified atom stereocenters. The zero-order valence-corrected chi connectivity index (χ0v) is 18.8. The monoisotopic (exact) mass is 492 g/mol. The molecule has 3 heterocycles. The smallest absolute Gasteiger partial charge is 0.165 e. The van der Waals surface area contributed by atoms with Crippen molar-refractivity contribution in [1.82, 2.24) is 4.98 Å². The third kappa shape index (κ3) is 3.04. The number of para-hydroxylation sites is 1. The minimum absolute atomic E-state index is 0.139. The number of thioether (sulfide) groups is 1. The van der Waals surface area contributed by atoms with Gasteiger partial charge in [0, 0.05) is 10.0 Å². The molecule has 9 heteroatoms. The number of anilines is 1. The normalized spacial score (nSPS) is 15.6. The van der Waals surface area contributed by atoms with Gasteiger partial charge in [0.25, 0.3) is 0 Å². The van der Waals surface area contributed by atoms with E-state index in [2.05, 4.69) is 33.2 Å². The molecule has 2 aromatic carbocycles. The summed E-state index contributed by atoms with van der Waals surface area (Å²) in [6.07, 6.45) is 3.93. The van der Waals surface area contributed by atoms with Gasteiger partial charge < -0.3 is 5.73 Å². The number of aromatic nitrogens is 1. The largest absolute Gasteiger partial charge is 0.381 e. The molecule has 0 aliphatic carbocycles. The Morgan fingerprint density at radius 1 is 1.23 bits per heavy atom. The standard InChI is InChI=1S/C21H13BrN6S2/c1-29-20-14(10-23)18(24)27-28-16-7-6-12(22)8-11(16)9-13(19(28)26-20)21-25-15-4-2-3-5-17(15)30-21/h2-9H,1H3,(H2,24,27). The second-order valence-electron chi connectivity index (χ2n) is 6.48. The van der Waals surface area contributed by atoms with Crippen molar-refractivity contribution in [2.24, 2.45) is 15.8 Å². The summed E-state index contributed by atoms with van der Waals surface area (Å²) < 4.78 is 2.05. The highest BCUT2D eigenvalue weighted by atomic mass is 79.9. The molecule has 3 aromatic rings. The van der Waals surface area contributed by atoms with Crippen molar-refractivity contribution in [2.45, 2.75) is 0 Å². The second-order valence-corrected chi connectivity index (χ2v) is 9.22. The topological polar surface area (TPSA) is 90.7 Å². The van der Waals surface area contributed by atoms with E-state index in [9.17, 15) is 5.26 Å². The summed E-state index contributed by atoms with van der Waals surface area (Å²) in [5.41, 5.74) is 10.0. The van der Waals surface area contributed by atoms with Crippen LogP contribution in [0.1, 0.15) is 10.6 Å². The van der Waals surface area contributed by atoms with E-state index in [0.29, 0.717) is 10.9 Å². The lowest BCUT2D eigenvalue weighted by molar-refractivity contribution is 1.12. The Kier molecular flexibility index (Phi) is 4.70. The van der Waals surface area contributed by atoms with Crippen LogP contribution < -0.4 is 10.7 Å². The van der Waals surface area contributed by atoms with Crippen molar-refractivity contribution in [1.29, 1.82) is 5.26 Å². The van der Waals surface area contributed by atoms with Gasteiger partial charge in [-0.25, -0.2) is 15.0 Å². The first-order chi connectivity index (χ1) is 14.6.